The van der Waals surface area contributed by atoms with Crippen LogP contribution in [0.15, 0.2) is 152 Å². The number of para-hydroxylation sites is 1. The first-order valence-electron chi connectivity index (χ1n) is 15.7. The lowest BCUT2D eigenvalue weighted by Crippen LogP contribution is -2.16. The molecule has 0 amide bonds. The van der Waals surface area contributed by atoms with Gasteiger partial charge in [0.2, 0.25) is 5.95 Å². The highest BCUT2D eigenvalue weighted by atomic mass is 15.3. The third-order valence-corrected chi connectivity index (χ3v) is 8.49. The third-order valence-electron chi connectivity index (χ3n) is 8.49. The first-order chi connectivity index (χ1) is 22.2. The molecular weight excluding hydrogens is 546 g/mol. The number of fused-ring (bicyclic) bond motifs is 1. The summed E-state index contributed by atoms with van der Waals surface area (Å²) in [6.45, 7) is 4.46. The summed E-state index contributed by atoms with van der Waals surface area (Å²) in [6, 6.07) is 53.4. The molecule has 3 nitrogen and oxygen atoms in total. The summed E-state index contributed by atoms with van der Waals surface area (Å²) >= 11 is 0. The van der Waals surface area contributed by atoms with Gasteiger partial charge in [0.15, 0.2) is 0 Å². The molecule has 0 bridgehead atoms. The summed E-state index contributed by atoms with van der Waals surface area (Å²) in [5, 5.41) is 1.03. The van der Waals surface area contributed by atoms with Gasteiger partial charge in [-0.25, -0.2) is 9.97 Å². The molecule has 7 rings (SSSR count). The molecule has 0 fully saturated rings. The predicted octanol–water partition coefficient (Wildman–Crippen LogP) is 11.2. The van der Waals surface area contributed by atoms with Crippen molar-refractivity contribution in [2.24, 2.45) is 0 Å². The molecule has 0 saturated carbocycles. The summed E-state index contributed by atoms with van der Waals surface area (Å²) < 4.78 is 0. The van der Waals surface area contributed by atoms with Gasteiger partial charge < -0.3 is 0 Å². The molecule has 0 aliphatic carbocycles. The van der Waals surface area contributed by atoms with Crippen molar-refractivity contribution in [3.8, 4) is 33.5 Å². The van der Waals surface area contributed by atoms with E-state index >= 15 is 0 Å². The lowest BCUT2D eigenvalue weighted by atomic mass is 9.91. The Labute approximate surface area is 265 Å². The Morgan fingerprint density at radius 3 is 1.82 bits per heavy atom. The number of aromatic nitrogens is 2. The second-order valence-electron chi connectivity index (χ2n) is 11.2. The van der Waals surface area contributed by atoms with Crippen molar-refractivity contribution in [2.75, 3.05) is 4.90 Å². The van der Waals surface area contributed by atoms with E-state index in [-0.39, 0.29) is 0 Å². The van der Waals surface area contributed by atoms with Crippen LogP contribution in [0, 0.1) is 0 Å². The van der Waals surface area contributed by atoms with E-state index in [2.05, 4.69) is 158 Å². The molecule has 0 aliphatic heterocycles. The van der Waals surface area contributed by atoms with E-state index in [0.29, 0.717) is 5.95 Å². The van der Waals surface area contributed by atoms with Crippen molar-refractivity contribution >= 4 is 28.2 Å². The molecule has 0 unspecified atom stereocenters. The van der Waals surface area contributed by atoms with Crippen molar-refractivity contribution in [3.63, 3.8) is 0 Å². The van der Waals surface area contributed by atoms with Gasteiger partial charge in [-0.15, -0.1) is 0 Å². The second kappa shape index (κ2) is 12.6. The minimum Gasteiger partial charge on any atom is -0.279 e. The van der Waals surface area contributed by atoms with Gasteiger partial charge in [0.05, 0.1) is 16.9 Å². The fourth-order valence-electron chi connectivity index (χ4n) is 6.23. The maximum Gasteiger partial charge on any atom is 0.235 e. The van der Waals surface area contributed by atoms with Crippen LogP contribution >= 0.6 is 0 Å². The molecule has 0 aliphatic rings. The molecule has 218 valence electrons. The van der Waals surface area contributed by atoms with Gasteiger partial charge in [-0.1, -0.05) is 141 Å². The Morgan fingerprint density at radius 2 is 1.09 bits per heavy atom. The first-order valence-corrected chi connectivity index (χ1v) is 15.7. The van der Waals surface area contributed by atoms with Crippen LogP contribution in [-0.2, 0) is 12.8 Å². The zero-order valence-corrected chi connectivity index (χ0v) is 25.7. The van der Waals surface area contributed by atoms with Gasteiger partial charge in [0, 0.05) is 22.2 Å². The number of rotatable bonds is 8. The van der Waals surface area contributed by atoms with E-state index in [0.717, 1.165) is 46.4 Å². The van der Waals surface area contributed by atoms with Crippen molar-refractivity contribution in [1.82, 2.24) is 9.97 Å². The largest absolute Gasteiger partial charge is 0.279 e. The maximum absolute atomic E-state index is 5.35. The van der Waals surface area contributed by atoms with E-state index in [1.807, 2.05) is 12.1 Å². The molecule has 0 N–H and O–H groups in total. The minimum absolute atomic E-state index is 0.642. The molecule has 3 heteroatoms. The van der Waals surface area contributed by atoms with Crippen LogP contribution in [0.2, 0.25) is 0 Å². The molecule has 1 heterocycles. The fourth-order valence-corrected chi connectivity index (χ4v) is 6.23. The van der Waals surface area contributed by atoms with Gasteiger partial charge in [0.25, 0.3) is 0 Å². The molecule has 0 atom stereocenters. The van der Waals surface area contributed by atoms with Crippen LogP contribution in [0.1, 0.15) is 25.0 Å². The van der Waals surface area contributed by atoms with E-state index in [1.165, 1.54) is 33.4 Å². The SMILES string of the molecule is CCc1ccccc1-c1c(CC)cccc1N(c1ccc(-c2ccccc2)cc1)c1nc(-c2ccccc2)c2ccccc2n1. The Balaban J connectivity index is 1.51. The third kappa shape index (κ3) is 5.49. The highest BCUT2D eigenvalue weighted by Crippen LogP contribution is 2.44. The average Bonchev–Trinajstić information content (AvgIpc) is 3.12. The molecule has 45 heavy (non-hydrogen) atoms. The molecule has 7 aromatic rings. The Bertz CT molecular complexity index is 2070. The zero-order valence-electron chi connectivity index (χ0n) is 25.7. The number of aryl methyl sites for hydroxylation is 2. The average molecular weight is 582 g/mol. The molecule has 0 spiro atoms. The summed E-state index contributed by atoms with van der Waals surface area (Å²) in [5.41, 5.74) is 12.4. The Hall–Kier alpha value is -5.54. The summed E-state index contributed by atoms with van der Waals surface area (Å²) in [4.78, 5) is 12.8. The number of nitrogens with zero attached hydrogens (tertiary/aromatic N) is 3. The second-order valence-corrected chi connectivity index (χ2v) is 11.2. The molecule has 6 aromatic carbocycles. The highest BCUT2D eigenvalue weighted by molar-refractivity contribution is 5.95. The van der Waals surface area contributed by atoms with Gasteiger partial charge in [-0.3, -0.25) is 4.90 Å². The van der Waals surface area contributed by atoms with Crippen molar-refractivity contribution in [1.29, 1.82) is 0 Å². The van der Waals surface area contributed by atoms with Crippen LogP contribution in [-0.4, -0.2) is 9.97 Å². The molecule has 1 aromatic heterocycles. The zero-order chi connectivity index (χ0) is 30.6. The van der Waals surface area contributed by atoms with E-state index in [9.17, 15) is 0 Å². The fraction of sp³-hybridized carbons (Fsp3) is 0.0952. The predicted molar refractivity (Wildman–Crippen MR) is 189 cm³/mol. The summed E-state index contributed by atoms with van der Waals surface area (Å²) in [5.74, 6) is 0.642. The maximum atomic E-state index is 5.35. The topological polar surface area (TPSA) is 29.0 Å². The van der Waals surface area contributed by atoms with Crippen LogP contribution in [0.25, 0.3) is 44.4 Å². The van der Waals surface area contributed by atoms with Gasteiger partial charge in [0.1, 0.15) is 0 Å². The van der Waals surface area contributed by atoms with Crippen LogP contribution in [0.3, 0.4) is 0 Å². The van der Waals surface area contributed by atoms with Crippen molar-refractivity contribution < 1.29 is 0 Å². The lowest BCUT2D eigenvalue weighted by molar-refractivity contribution is 1.09. The highest BCUT2D eigenvalue weighted by Gasteiger charge is 2.24. The van der Waals surface area contributed by atoms with Gasteiger partial charge in [-0.05, 0) is 64.9 Å². The number of benzene rings is 6. The minimum atomic E-state index is 0.642. The lowest BCUT2D eigenvalue weighted by Gasteiger charge is -2.28. The van der Waals surface area contributed by atoms with E-state index in [1.54, 1.807) is 0 Å². The van der Waals surface area contributed by atoms with Gasteiger partial charge >= 0.3 is 0 Å². The normalized spacial score (nSPS) is 11.1. The standard InChI is InChI=1S/C42H35N3/c1-3-30-16-11-12-22-36(30)40-31(4-2)21-15-25-39(40)45(35-28-26-33(27-29-35)32-17-7-5-8-18-32)42-43-38-24-14-13-23-37(38)41(44-42)34-19-9-6-10-20-34/h5-29H,3-4H2,1-2H3. The van der Waals surface area contributed by atoms with Crippen molar-refractivity contribution in [3.05, 3.63) is 163 Å². The van der Waals surface area contributed by atoms with Crippen molar-refractivity contribution in [2.45, 2.75) is 26.7 Å². The first kappa shape index (κ1) is 28.2. The van der Waals surface area contributed by atoms with E-state index in [4.69, 9.17) is 9.97 Å². The molecule has 0 radical (unpaired) electrons. The van der Waals surface area contributed by atoms with E-state index < -0.39 is 0 Å². The van der Waals surface area contributed by atoms with Crippen LogP contribution < -0.4 is 4.90 Å². The van der Waals surface area contributed by atoms with Crippen LogP contribution in [0.4, 0.5) is 17.3 Å². The quantitative estimate of drug-likeness (QED) is 0.179. The Morgan fingerprint density at radius 1 is 0.489 bits per heavy atom. The number of hydrogen-bond acceptors (Lipinski definition) is 3. The van der Waals surface area contributed by atoms with Crippen LogP contribution in [0.5, 0.6) is 0 Å². The van der Waals surface area contributed by atoms with Gasteiger partial charge in [-0.2, -0.15) is 0 Å². The monoisotopic (exact) mass is 581 g/mol. The summed E-state index contributed by atoms with van der Waals surface area (Å²) in [6.07, 6.45) is 1.86. The Kier molecular flexibility index (Phi) is 7.90. The molecular formula is C42H35N3. The number of hydrogen-bond donors (Lipinski definition) is 0. The molecule has 0 saturated heterocycles. The smallest absolute Gasteiger partial charge is 0.235 e. The summed E-state index contributed by atoms with van der Waals surface area (Å²) in [7, 11) is 0. The number of anilines is 3.